The van der Waals surface area contributed by atoms with E-state index in [2.05, 4.69) is 33.6 Å². The molecule has 2 heterocycles. The van der Waals surface area contributed by atoms with Crippen molar-refractivity contribution in [2.45, 2.75) is 38.4 Å². The van der Waals surface area contributed by atoms with Crippen LogP contribution in [0, 0.1) is 11.3 Å². The van der Waals surface area contributed by atoms with Crippen molar-refractivity contribution in [1.29, 1.82) is 5.26 Å². The summed E-state index contributed by atoms with van der Waals surface area (Å²) in [5, 5.41) is 19.7. The number of hydrogen-bond acceptors (Lipinski definition) is 5. The summed E-state index contributed by atoms with van der Waals surface area (Å²) >= 11 is 5.84. The predicted octanol–water partition coefficient (Wildman–Crippen LogP) is 5.64. The normalized spacial score (nSPS) is 14.4. The fourth-order valence-electron chi connectivity index (χ4n) is 4.40. The fourth-order valence-corrected chi connectivity index (χ4v) is 4.53. The second-order valence-corrected chi connectivity index (χ2v) is 9.24. The third-order valence-electron chi connectivity index (χ3n) is 6.25. The van der Waals surface area contributed by atoms with Crippen LogP contribution in [0.25, 0.3) is 5.69 Å². The summed E-state index contributed by atoms with van der Waals surface area (Å²) in [5.74, 6) is -0.772. The molecule has 194 valence electrons. The number of alkyl halides is 3. The maximum Gasteiger partial charge on any atom is 0.435 e. The highest BCUT2D eigenvalue weighted by Gasteiger charge is 2.39. The van der Waals surface area contributed by atoms with E-state index in [0.717, 1.165) is 45.1 Å². The SMILES string of the molecule is CCCNC1CCN(c2ccc(C(=O)Nc3cnn(-c4ccc(Cl)cc4)c3C(F)(F)F)cc2C#N)CC1. The van der Waals surface area contributed by atoms with Crippen LogP contribution in [0.15, 0.2) is 48.7 Å². The topological polar surface area (TPSA) is 86.0 Å². The number of piperidine rings is 1. The molecule has 37 heavy (non-hydrogen) atoms. The molecule has 0 radical (unpaired) electrons. The van der Waals surface area contributed by atoms with Crippen molar-refractivity contribution in [3.8, 4) is 11.8 Å². The Bertz CT molecular complexity index is 1290. The first-order valence-corrected chi connectivity index (χ1v) is 12.3. The Kier molecular flexibility index (Phi) is 8.05. The van der Waals surface area contributed by atoms with Crippen molar-refractivity contribution < 1.29 is 18.0 Å². The molecule has 0 atom stereocenters. The lowest BCUT2D eigenvalue weighted by molar-refractivity contribution is -0.142. The van der Waals surface area contributed by atoms with Crippen molar-refractivity contribution in [3.63, 3.8) is 0 Å². The van der Waals surface area contributed by atoms with Gasteiger partial charge in [0.15, 0.2) is 5.69 Å². The third kappa shape index (κ3) is 6.06. The van der Waals surface area contributed by atoms with Crippen LogP contribution < -0.4 is 15.5 Å². The highest BCUT2D eigenvalue weighted by atomic mass is 35.5. The van der Waals surface area contributed by atoms with Gasteiger partial charge in [-0.05, 0) is 68.3 Å². The quantitative estimate of drug-likeness (QED) is 0.413. The van der Waals surface area contributed by atoms with Crippen LogP contribution in [0.4, 0.5) is 24.5 Å². The molecular weight excluding hydrogens is 505 g/mol. The molecule has 0 spiro atoms. The van der Waals surface area contributed by atoms with Crippen molar-refractivity contribution in [1.82, 2.24) is 15.1 Å². The zero-order valence-electron chi connectivity index (χ0n) is 20.1. The van der Waals surface area contributed by atoms with Crippen LogP contribution in [0.1, 0.15) is 47.8 Å². The average molecular weight is 531 g/mol. The first-order valence-electron chi connectivity index (χ1n) is 12.0. The standard InChI is InChI=1S/C26H26ClF3N6O/c1-2-11-32-20-9-12-35(13-10-20)23-8-3-17(14-18(23)15-31)25(37)34-22-16-33-36(24(22)26(28,29)30)21-6-4-19(27)5-7-21/h3-8,14,16,20,32H,2,9-13H2,1H3,(H,34,37). The Morgan fingerprint density at radius 2 is 1.89 bits per heavy atom. The smallest absolute Gasteiger partial charge is 0.370 e. The van der Waals surface area contributed by atoms with E-state index in [4.69, 9.17) is 11.6 Å². The van der Waals surface area contributed by atoms with Crippen LogP contribution in [-0.4, -0.2) is 41.4 Å². The van der Waals surface area contributed by atoms with E-state index in [0.29, 0.717) is 27.0 Å². The largest absolute Gasteiger partial charge is 0.435 e. The lowest BCUT2D eigenvalue weighted by atomic mass is 10.0. The van der Waals surface area contributed by atoms with Gasteiger partial charge in [-0.1, -0.05) is 18.5 Å². The molecule has 1 aliphatic rings. The van der Waals surface area contributed by atoms with Crippen molar-refractivity contribution >= 4 is 28.9 Å². The van der Waals surface area contributed by atoms with E-state index in [9.17, 15) is 23.2 Å². The van der Waals surface area contributed by atoms with Crippen LogP contribution in [0.5, 0.6) is 0 Å². The van der Waals surface area contributed by atoms with Crippen molar-refractivity contribution in [2.75, 3.05) is 29.9 Å². The number of carbonyl (C=O) groups is 1. The number of nitrogens with one attached hydrogen (secondary N) is 2. The van der Waals surface area contributed by atoms with E-state index in [1.807, 2.05) is 0 Å². The Balaban J connectivity index is 1.54. The fraction of sp³-hybridized carbons (Fsp3) is 0.346. The molecule has 0 saturated carbocycles. The molecule has 0 bridgehead atoms. The van der Waals surface area contributed by atoms with E-state index >= 15 is 0 Å². The Morgan fingerprint density at radius 3 is 2.51 bits per heavy atom. The van der Waals surface area contributed by atoms with Gasteiger partial charge in [-0.15, -0.1) is 0 Å². The summed E-state index contributed by atoms with van der Waals surface area (Å²) in [4.78, 5) is 15.0. The lowest BCUT2D eigenvalue weighted by Gasteiger charge is -2.34. The number of anilines is 2. The summed E-state index contributed by atoms with van der Waals surface area (Å²) in [6.45, 7) is 4.61. The maximum absolute atomic E-state index is 13.9. The molecule has 2 aromatic carbocycles. The molecule has 0 unspecified atom stereocenters. The number of aromatic nitrogens is 2. The number of nitriles is 1. The summed E-state index contributed by atoms with van der Waals surface area (Å²) in [7, 11) is 0. The number of amides is 1. The molecule has 1 fully saturated rings. The Morgan fingerprint density at radius 1 is 1.19 bits per heavy atom. The number of rotatable bonds is 7. The van der Waals surface area contributed by atoms with Gasteiger partial charge >= 0.3 is 6.18 Å². The minimum absolute atomic E-state index is 0.0761. The van der Waals surface area contributed by atoms with Crippen molar-refractivity contribution in [3.05, 3.63) is 70.5 Å². The van der Waals surface area contributed by atoms with Gasteiger partial charge in [0, 0.05) is 29.7 Å². The maximum atomic E-state index is 13.9. The van der Waals surface area contributed by atoms with Crippen LogP contribution in [0.3, 0.4) is 0 Å². The monoisotopic (exact) mass is 530 g/mol. The Labute approximate surface area is 217 Å². The summed E-state index contributed by atoms with van der Waals surface area (Å²) in [5.41, 5.74) is -0.397. The molecule has 11 heteroatoms. The molecular formula is C26H26ClF3N6O. The van der Waals surface area contributed by atoms with Gasteiger partial charge in [0.2, 0.25) is 0 Å². The molecule has 3 aromatic rings. The third-order valence-corrected chi connectivity index (χ3v) is 6.51. The van der Waals surface area contributed by atoms with Gasteiger partial charge in [-0.2, -0.15) is 23.5 Å². The van der Waals surface area contributed by atoms with E-state index < -0.39 is 23.5 Å². The number of carbonyl (C=O) groups excluding carboxylic acids is 1. The van der Waals surface area contributed by atoms with E-state index in [-0.39, 0.29) is 11.3 Å². The highest BCUT2D eigenvalue weighted by Crippen LogP contribution is 2.37. The van der Waals surface area contributed by atoms with E-state index in [1.165, 1.54) is 36.4 Å². The number of halogens is 4. The van der Waals surface area contributed by atoms with E-state index in [1.54, 1.807) is 6.07 Å². The molecule has 1 aromatic heterocycles. The highest BCUT2D eigenvalue weighted by molar-refractivity contribution is 6.30. The molecule has 4 rings (SSSR count). The average Bonchev–Trinajstić information content (AvgIpc) is 3.32. The van der Waals surface area contributed by atoms with Crippen LogP contribution >= 0.6 is 11.6 Å². The predicted molar refractivity (Wildman–Crippen MR) is 136 cm³/mol. The molecule has 0 aliphatic carbocycles. The lowest BCUT2D eigenvalue weighted by Crippen LogP contribution is -2.43. The minimum Gasteiger partial charge on any atom is -0.370 e. The second-order valence-electron chi connectivity index (χ2n) is 8.81. The zero-order chi connectivity index (χ0) is 26.6. The van der Waals surface area contributed by atoms with Crippen molar-refractivity contribution in [2.24, 2.45) is 0 Å². The first kappa shape index (κ1) is 26.5. The number of nitrogens with zero attached hydrogens (tertiary/aromatic N) is 4. The summed E-state index contributed by atoms with van der Waals surface area (Å²) < 4.78 is 42.5. The van der Waals surface area contributed by atoms with Crippen LogP contribution in [0.2, 0.25) is 5.02 Å². The minimum atomic E-state index is -4.79. The zero-order valence-corrected chi connectivity index (χ0v) is 20.9. The number of benzene rings is 2. The van der Waals surface area contributed by atoms with Gasteiger partial charge in [-0.25, -0.2) is 4.68 Å². The summed E-state index contributed by atoms with van der Waals surface area (Å²) in [6.07, 6.45) is -0.908. The molecule has 1 aliphatic heterocycles. The van der Waals surface area contributed by atoms with Gasteiger partial charge in [0.25, 0.3) is 5.91 Å². The van der Waals surface area contributed by atoms with Gasteiger partial charge in [0.05, 0.1) is 28.8 Å². The second kappa shape index (κ2) is 11.2. The molecule has 2 N–H and O–H groups in total. The molecule has 1 amide bonds. The van der Waals surface area contributed by atoms with Gasteiger partial charge in [-0.3, -0.25) is 4.79 Å². The number of hydrogen-bond donors (Lipinski definition) is 2. The Hall–Kier alpha value is -3.55. The van der Waals surface area contributed by atoms with Crippen LogP contribution in [-0.2, 0) is 6.18 Å². The van der Waals surface area contributed by atoms with Gasteiger partial charge < -0.3 is 15.5 Å². The van der Waals surface area contributed by atoms with Gasteiger partial charge in [0.1, 0.15) is 6.07 Å². The molecule has 1 saturated heterocycles. The first-order chi connectivity index (χ1) is 17.7. The summed E-state index contributed by atoms with van der Waals surface area (Å²) in [6, 6.07) is 12.9. The molecule has 7 nitrogen and oxygen atoms in total.